The number of hydrogen-bond acceptors (Lipinski definition) is 8. The molecule has 3 aromatic heterocycles. The molecule has 38 heavy (non-hydrogen) atoms. The first-order valence-corrected chi connectivity index (χ1v) is 11.9. The zero-order valence-corrected chi connectivity index (χ0v) is 20.4. The van der Waals surface area contributed by atoms with Crippen LogP contribution in [-0.4, -0.2) is 61.7 Å². The van der Waals surface area contributed by atoms with Gasteiger partial charge >= 0.3 is 6.36 Å². The van der Waals surface area contributed by atoms with Crippen molar-refractivity contribution >= 4 is 11.7 Å². The van der Waals surface area contributed by atoms with Crippen LogP contribution in [0.25, 0.3) is 23.0 Å². The maximum absolute atomic E-state index is 12.4. The number of likely N-dealkylation sites (tertiary alicyclic amines) is 1. The predicted molar refractivity (Wildman–Crippen MR) is 130 cm³/mol. The molecule has 1 amide bonds. The molecule has 1 aliphatic rings. The number of carbonyl (C=O) groups excluding carboxylic acids is 1. The van der Waals surface area contributed by atoms with Gasteiger partial charge in [-0.2, -0.15) is 10.1 Å². The average molecular weight is 528 g/mol. The van der Waals surface area contributed by atoms with Crippen LogP contribution in [0.3, 0.4) is 0 Å². The third-order valence-corrected chi connectivity index (χ3v) is 5.99. The summed E-state index contributed by atoms with van der Waals surface area (Å²) in [5.74, 6) is 0.999. The summed E-state index contributed by atoms with van der Waals surface area (Å²) < 4.78 is 48.1. The second-order valence-electron chi connectivity index (χ2n) is 8.79. The molecule has 10 nitrogen and oxygen atoms in total. The number of alkyl halides is 3. The molecule has 1 aliphatic heterocycles. The Hall–Kier alpha value is -4.42. The Labute approximate surface area is 215 Å². The molecule has 0 aliphatic carbocycles. The molecule has 0 saturated carbocycles. The SMILES string of the molecule is Cc1cc(-c2nc(-c3ccc(OC(F)(F)F)cc3)no2)nn1Cc1ccc(NCCN2CCCC2=O)nc1. The Bertz CT molecular complexity index is 1400. The van der Waals surface area contributed by atoms with Gasteiger partial charge in [0.15, 0.2) is 5.69 Å². The molecular formula is C25H24F3N7O3. The van der Waals surface area contributed by atoms with Gasteiger partial charge in [-0.15, -0.1) is 13.2 Å². The van der Waals surface area contributed by atoms with Crippen LogP contribution >= 0.6 is 0 Å². The van der Waals surface area contributed by atoms with Crippen molar-refractivity contribution in [1.82, 2.24) is 29.8 Å². The van der Waals surface area contributed by atoms with Gasteiger partial charge in [-0.3, -0.25) is 9.48 Å². The first-order chi connectivity index (χ1) is 18.2. The molecule has 13 heteroatoms. The van der Waals surface area contributed by atoms with E-state index >= 15 is 0 Å². The fourth-order valence-electron chi connectivity index (χ4n) is 4.08. The maximum Gasteiger partial charge on any atom is 0.573 e. The Morgan fingerprint density at radius 1 is 1.16 bits per heavy atom. The highest BCUT2D eigenvalue weighted by atomic mass is 19.4. The first kappa shape index (κ1) is 25.2. The molecule has 4 aromatic rings. The lowest BCUT2D eigenvalue weighted by Gasteiger charge is -2.15. The van der Waals surface area contributed by atoms with Gasteiger partial charge in [-0.25, -0.2) is 4.98 Å². The van der Waals surface area contributed by atoms with Gasteiger partial charge in [0, 0.05) is 43.5 Å². The van der Waals surface area contributed by atoms with Gasteiger partial charge in [0.1, 0.15) is 11.6 Å². The van der Waals surface area contributed by atoms with Crippen molar-refractivity contribution < 1.29 is 27.2 Å². The van der Waals surface area contributed by atoms with Crippen LogP contribution in [0.4, 0.5) is 19.0 Å². The van der Waals surface area contributed by atoms with Crippen LogP contribution in [0.5, 0.6) is 5.75 Å². The molecule has 0 unspecified atom stereocenters. The summed E-state index contributed by atoms with van der Waals surface area (Å²) in [6.45, 7) is 4.49. The van der Waals surface area contributed by atoms with Crippen molar-refractivity contribution in [3.05, 3.63) is 59.9 Å². The number of aryl methyl sites for hydroxylation is 1. The number of nitrogens with one attached hydrogen (secondary N) is 1. The van der Waals surface area contributed by atoms with Crippen LogP contribution in [0.2, 0.25) is 0 Å². The standard InChI is InChI=1S/C25H24F3N7O3/c1-16-13-20(24-31-23(33-38-24)18-5-7-19(8-6-18)37-25(26,27)28)32-35(16)15-17-4-9-21(30-14-17)29-10-12-34-11-2-3-22(34)36/h4-9,13-14H,2-3,10-12,15H2,1H3,(H,29,30). The van der Waals surface area contributed by atoms with Crippen LogP contribution < -0.4 is 10.1 Å². The van der Waals surface area contributed by atoms with Crippen LogP contribution in [0.15, 0.2) is 53.2 Å². The number of aromatic nitrogens is 5. The number of pyridine rings is 1. The average Bonchev–Trinajstić information content (AvgIpc) is 3.61. The lowest BCUT2D eigenvalue weighted by atomic mass is 10.2. The highest BCUT2D eigenvalue weighted by Crippen LogP contribution is 2.27. The summed E-state index contributed by atoms with van der Waals surface area (Å²) in [6.07, 6.45) is -1.44. The Balaban J connectivity index is 1.19. The Morgan fingerprint density at radius 3 is 2.66 bits per heavy atom. The molecule has 5 rings (SSSR count). The van der Waals surface area contributed by atoms with Crippen LogP contribution in [0, 0.1) is 6.92 Å². The number of benzene rings is 1. The third kappa shape index (κ3) is 6.10. The van der Waals surface area contributed by atoms with E-state index in [4.69, 9.17) is 4.52 Å². The predicted octanol–water partition coefficient (Wildman–Crippen LogP) is 4.28. The van der Waals surface area contributed by atoms with E-state index in [0.29, 0.717) is 37.3 Å². The number of amides is 1. The van der Waals surface area contributed by atoms with E-state index in [2.05, 4.69) is 30.3 Å². The molecule has 0 radical (unpaired) electrons. The van der Waals surface area contributed by atoms with Crippen LogP contribution in [0.1, 0.15) is 24.1 Å². The molecule has 1 saturated heterocycles. The van der Waals surface area contributed by atoms with Gasteiger partial charge in [-0.1, -0.05) is 11.2 Å². The third-order valence-electron chi connectivity index (χ3n) is 5.99. The minimum atomic E-state index is -4.76. The molecule has 0 atom stereocenters. The molecule has 4 heterocycles. The summed E-state index contributed by atoms with van der Waals surface area (Å²) >= 11 is 0. The number of anilines is 1. The zero-order valence-electron chi connectivity index (χ0n) is 20.4. The van der Waals surface area contributed by atoms with E-state index < -0.39 is 6.36 Å². The summed E-state index contributed by atoms with van der Waals surface area (Å²) in [5, 5.41) is 11.7. The lowest BCUT2D eigenvalue weighted by molar-refractivity contribution is -0.274. The largest absolute Gasteiger partial charge is 0.573 e. The highest BCUT2D eigenvalue weighted by molar-refractivity contribution is 5.78. The molecule has 1 fully saturated rings. The van der Waals surface area contributed by atoms with E-state index in [1.807, 2.05) is 24.0 Å². The first-order valence-electron chi connectivity index (χ1n) is 11.9. The van der Waals surface area contributed by atoms with E-state index in [1.54, 1.807) is 16.9 Å². The fourth-order valence-corrected chi connectivity index (χ4v) is 4.08. The van der Waals surface area contributed by atoms with Gasteiger partial charge in [-0.05, 0) is 55.3 Å². The molecule has 0 spiro atoms. The molecule has 198 valence electrons. The maximum atomic E-state index is 12.4. The summed E-state index contributed by atoms with van der Waals surface area (Å²) in [4.78, 5) is 22.3. The quantitative estimate of drug-likeness (QED) is 0.343. The Morgan fingerprint density at radius 2 is 1.97 bits per heavy atom. The Kier molecular flexibility index (Phi) is 6.99. The van der Waals surface area contributed by atoms with Crippen molar-refractivity contribution in [3.63, 3.8) is 0 Å². The molecule has 1 aromatic carbocycles. The number of hydrogen-bond donors (Lipinski definition) is 1. The number of halogens is 3. The highest BCUT2D eigenvalue weighted by Gasteiger charge is 2.31. The minimum absolute atomic E-state index is 0.187. The smallest absolute Gasteiger partial charge is 0.406 e. The number of nitrogens with zero attached hydrogens (tertiary/aromatic N) is 6. The van der Waals surface area contributed by atoms with Crippen LogP contribution in [-0.2, 0) is 11.3 Å². The van der Waals surface area contributed by atoms with Gasteiger partial charge in [0.25, 0.3) is 5.89 Å². The van der Waals surface area contributed by atoms with Gasteiger partial charge < -0.3 is 19.5 Å². The molecule has 0 bridgehead atoms. The summed E-state index contributed by atoms with van der Waals surface area (Å²) in [6, 6.07) is 10.8. The second-order valence-corrected chi connectivity index (χ2v) is 8.79. The number of ether oxygens (including phenoxy) is 1. The van der Waals surface area contributed by atoms with Gasteiger partial charge in [0.05, 0.1) is 6.54 Å². The normalized spacial score (nSPS) is 13.8. The lowest BCUT2D eigenvalue weighted by Crippen LogP contribution is -2.30. The van der Waals surface area contributed by atoms with Crippen molar-refractivity contribution in [2.75, 3.05) is 25.0 Å². The number of carbonyl (C=O) groups is 1. The zero-order chi connectivity index (χ0) is 26.7. The fraction of sp³-hybridized carbons (Fsp3) is 0.320. The van der Waals surface area contributed by atoms with Crippen molar-refractivity contribution in [2.24, 2.45) is 0 Å². The van der Waals surface area contributed by atoms with E-state index in [9.17, 15) is 18.0 Å². The van der Waals surface area contributed by atoms with E-state index in [-0.39, 0.29) is 23.4 Å². The van der Waals surface area contributed by atoms with Crippen molar-refractivity contribution in [3.8, 4) is 28.7 Å². The second kappa shape index (κ2) is 10.5. The topological polar surface area (TPSA) is 111 Å². The van der Waals surface area contributed by atoms with Gasteiger partial charge in [0.2, 0.25) is 11.7 Å². The monoisotopic (exact) mass is 527 g/mol. The van der Waals surface area contributed by atoms with Crippen molar-refractivity contribution in [1.29, 1.82) is 0 Å². The summed E-state index contributed by atoms with van der Waals surface area (Å²) in [7, 11) is 0. The van der Waals surface area contributed by atoms with E-state index in [1.165, 1.54) is 24.3 Å². The van der Waals surface area contributed by atoms with Crippen molar-refractivity contribution in [2.45, 2.75) is 32.7 Å². The molecular weight excluding hydrogens is 503 g/mol. The van der Waals surface area contributed by atoms with E-state index in [0.717, 1.165) is 30.0 Å². The molecule has 1 N–H and O–H groups in total. The minimum Gasteiger partial charge on any atom is -0.406 e. The number of rotatable bonds is 9. The summed E-state index contributed by atoms with van der Waals surface area (Å²) in [5.41, 5.74) is 2.75.